The van der Waals surface area contributed by atoms with Gasteiger partial charge < -0.3 is 5.32 Å². The zero-order valence-electron chi connectivity index (χ0n) is 11.8. The number of para-hydroxylation sites is 1. The van der Waals surface area contributed by atoms with E-state index >= 15 is 0 Å². The summed E-state index contributed by atoms with van der Waals surface area (Å²) in [7, 11) is 1.98. The molecule has 1 N–H and O–H groups in total. The van der Waals surface area contributed by atoms with Gasteiger partial charge in [-0.3, -0.25) is 0 Å². The topological polar surface area (TPSA) is 24.9 Å². The van der Waals surface area contributed by atoms with Gasteiger partial charge >= 0.3 is 0 Å². The van der Waals surface area contributed by atoms with Crippen LogP contribution in [-0.4, -0.2) is 12.0 Å². The highest BCUT2D eigenvalue weighted by atomic mass is 32.1. The Hall–Kier alpha value is -1.71. The van der Waals surface area contributed by atoms with Crippen molar-refractivity contribution in [3.05, 3.63) is 64.2 Å². The fraction of sp³-hybridized carbons (Fsp3) is 0.235. The van der Waals surface area contributed by atoms with E-state index in [1.807, 2.05) is 13.1 Å². The molecule has 3 heteroatoms. The summed E-state index contributed by atoms with van der Waals surface area (Å²) in [6.45, 7) is 3.10. The minimum absolute atomic E-state index is 0.919. The van der Waals surface area contributed by atoms with E-state index in [4.69, 9.17) is 4.98 Å². The quantitative estimate of drug-likeness (QED) is 0.784. The van der Waals surface area contributed by atoms with E-state index in [1.54, 1.807) is 11.3 Å². The molecule has 0 atom stereocenters. The first-order valence-electron chi connectivity index (χ1n) is 6.84. The molecule has 0 amide bonds. The van der Waals surface area contributed by atoms with E-state index in [9.17, 15) is 0 Å². The molecule has 0 aliphatic carbocycles. The molecule has 20 heavy (non-hydrogen) atoms. The fourth-order valence-corrected chi connectivity index (χ4v) is 3.42. The first-order valence-corrected chi connectivity index (χ1v) is 7.65. The number of aromatic nitrogens is 1. The number of hydrogen-bond acceptors (Lipinski definition) is 3. The molecule has 0 bridgehead atoms. The summed E-state index contributed by atoms with van der Waals surface area (Å²) >= 11 is 1.79. The first-order chi connectivity index (χ1) is 9.76. The summed E-state index contributed by atoms with van der Waals surface area (Å²) in [5.41, 5.74) is 5.15. The SMILES string of the molecule is CNCc1ccc(Cc2nc3ccccc3s2)c(C)c1. The van der Waals surface area contributed by atoms with Gasteiger partial charge in [0.25, 0.3) is 0 Å². The largest absolute Gasteiger partial charge is 0.316 e. The standard InChI is InChI=1S/C17H18N2S/c1-12-9-13(11-18-2)7-8-14(12)10-17-19-15-5-3-4-6-16(15)20-17/h3-9,18H,10-11H2,1-2H3. The van der Waals surface area contributed by atoms with Crippen molar-refractivity contribution in [2.45, 2.75) is 19.9 Å². The monoisotopic (exact) mass is 282 g/mol. The van der Waals surface area contributed by atoms with Crippen molar-refractivity contribution in [1.82, 2.24) is 10.3 Å². The molecule has 2 nitrogen and oxygen atoms in total. The second kappa shape index (κ2) is 5.73. The lowest BCUT2D eigenvalue weighted by Crippen LogP contribution is -2.05. The van der Waals surface area contributed by atoms with Gasteiger partial charge in [0.15, 0.2) is 0 Å². The van der Waals surface area contributed by atoms with Crippen LogP contribution in [0.2, 0.25) is 0 Å². The van der Waals surface area contributed by atoms with E-state index < -0.39 is 0 Å². The molecular weight excluding hydrogens is 264 g/mol. The van der Waals surface area contributed by atoms with Crippen LogP contribution in [0.3, 0.4) is 0 Å². The van der Waals surface area contributed by atoms with Crippen molar-refractivity contribution in [2.24, 2.45) is 0 Å². The van der Waals surface area contributed by atoms with Crippen LogP contribution >= 0.6 is 11.3 Å². The van der Waals surface area contributed by atoms with Gasteiger partial charge in [0, 0.05) is 13.0 Å². The Morgan fingerprint density at radius 3 is 2.75 bits per heavy atom. The number of benzene rings is 2. The Balaban J connectivity index is 1.86. The zero-order valence-corrected chi connectivity index (χ0v) is 12.6. The summed E-state index contributed by atoms with van der Waals surface area (Å²) in [5, 5.41) is 4.38. The first kappa shape index (κ1) is 13.3. The van der Waals surface area contributed by atoms with Crippen LogP contribution in [0, 0.1) is 6.92 Å². The average molecular weight is 282 g/mol. The Morgan fingerprint density at radius 1 is 1.15 bits per heavy atom. The van der Waals surface area contributed by atoms with Crippen molar-refractivity contribution in [2.75, 3.05) is 7.05 Å². The Bertz CT molecular complexity index is 698. The van der Waals surface area contributed by atoms with Gasteiger partial charge in [-0.05, 0) is 42.8 Å². The molecule has 2 aromatic carbocycles. The summed E-state index contributed by atoms with van der Waals surface area (Å²) in [5.74, 6) is 0. The number of hydrogen-bond donors (Lipinski definition) is 1. The maximum absolute atomic E-state index is 4.71. The zero-order chi connectivity index (χ0) is 13.9. The molecule has 0 saturated carbocycles. The van der Waals surface area contributed by atoms with Gasteiger partial charge in [-0.2, -0.15) is 0 Å². The number of fused-ring (bicyclic) bond motifs is 1. The Morgan fingerprint density at radius 2 is 2.00 bits per heavy atom. The molecular formula is C17H18N2S. The maximum Gasteiger partial charge on any atom is 0.0982 e. The number of nitrogens with one attached hydrogen (secondary N) is 1. The van der Waals surface area contributed by atoms with E-state index in [0.717, 1.165) is 18.5 Å². The van der Waals surface area contributed by atoms with Crippen molar-refractivity contribution >= 4 is 21.6 Å². The van der Waals surface area contributed by atoms with Crippen LogP contribution < -0.4 is 5.32 Å². The molecule has 0 fully saturated rings. The smallest absolute Gasteiger partial charge is 0.0982 e. The van der Waals surface area contributed by atoms with E-state index in [1.165, 1.54) is 26.4 Å². The third kappa shape index (κ3) is 2.74. The Labute approximate surface area is 123 Å². The van der Waals surface area contributed by atoms with Crippen molar-refractivity contribution < 1.29 is 0 Å². The lowest BCUT2D eigenvalue weighted by Gasteiger charge is -2.07. The van der Waals surface area contributed by atoms with Crippen LogP contribution in [0.4, 0.5) is 0 Å². The second-order valence-electron chi connectivity index (χ2n) is 5.04. The third-order valence-corrected chi connectivity index (χ3v) is 4.50. The van der Waals surface area contributed by atoms with Crippen molar-refractivity contribution in [3.8, 4) is 0 Å². The number of nitrogens with zero attached hydrogens (tertiary/aromatic N) is 1. The minimum atomic E-state index is 0.919. The Kier molecular flexibility index (Phi) is 3.81. The molecule has 0 aliphatic rings. The molecule has 1 aromatic heterocycles. The van der Waals surface area contributed by atoms with E-state index in [-0.39, 0.29) is 0 Å². The highest BCUT2D eigenvalue weighted by Crippen LogP contribution is 2.24. The number of aryl methyl sites for hydroxylation is 1. The molecule has 0 spiro atoms. The second-order valence-corrected chi connectivity index (χ2v) is 6.16. The summed E-state index contributed by atoms with van der Waals surface area (Å²) in [4.78, 5) is 4.71. The molecule has 3 aromatic rings. The van der Waals surface area contributed by atoms with Gasteiger partial charge in [-0.25, -0.2) is 4.98 Å². The normalized spacial score (nSPS) is 11.1. The number of thiazole rings is 1. The van der Waals surface area contributed by atoms with Gasteiger partial charge in [0.1, 0.15) is 0 Å². The van der Waals surface area contributed by atoms with Crippen LogP contribution in [0.5, 0.6) is 0 Å². The summed E-state index contributed by atoms with van der Waals surface area (Å²) in [6, 6.07) is 15.0. The summed E-state index contributed by atoms with van der Waals surface area (Å²) < 4.78 is 1.27. The van der Waals surface area contributed by atoms with Gasteiger partial charge in [-0.15, -0.1) is 11.3 Å². The molecule has 0 aliphatic heterocycles. The molecule has 0 unspecified atom stereocenters. The van der Waals surface area contributed by atoms with Crippen molar-refractivity contribution in [1.29, 1.82) is 0 Å². The maximum atomic E-state index is 4.71. The lowest BCUT2D eigenvalue weighted by molar-refractivity contribution is 0.816. The highest BCUT2D eigenvalue weighted by molar-refractivity contribution is 7.18. The number of rotatable bonds is 4. The predicted octanol–water partition coefficient (Wildman–Crippen LogP) is 3.91. The van der Waals surface area contributed by atoms with Gasteiger partial charge in [0.2, 0.25) is 0 Å². The average Bonchev–Trinajstić information content (AvgIpc) is 2.84. The van der Waals surface area contributed by atoms with Gasteiger partial charge in [-0.1, -0.05) is 30.3 Å². The summed E-state index contributed by atoms with van der Waals surface area (Å²) in [6.07, 6.45) is 0.922. The molecule has 0 saturated heterocycles. The van der Waals surface area contributed by atoms with Crippen LogP contribution in [0.1, 0.15) is 21.7 Å². The highest BCUT2D eigenvalue weighted by Gasteiger charge is 2.06. The predicted molar refractivity (Wildman–Crippen MR) is 86.4 cm³/mol. The van der Waals surface area contributed by atoms with Crippen LogP contribution in [0.25, 0.3) is 10.2 Å². The van der Waals surface area contributed by atoms with E-state index in [2.05, 4.69) is 48.6 Å². The fourth-order valence-electron chi connectivity index (χ4n) is 2.43. The molecule has 0 radical (unpaired) electrons. The minimum Gasteiger partial charge on any atom is -0.316 e. The van der Waals surface area contributed by atoms with Gasteiger partial charge in [0.05, 0.1) is 15.2 Å². The molecule has 3 rings (SSSR count). The third-order valence-electron chi connectivity index (χ3n) is 3.47. The van der Waals surface area contributed by atoms with E-state index in [0.29, 0.717) is 0 Å². The van der Waals surface area contributed by atoms with Crippen molar-refractivity contribution in [3.63, 3.8) is 0 Å². The van der Waals surface area contributed by atoms with Crippen LogP contribution in [-0.2, 0) is 13.0 Å². The molecule has 1 heterocycles. The van der Waals surface area contributed by atoms with Crippen LogP contribution in [0.15, 0.2) is 42.5 Å². The molecule has 102 valence electrons. The lowest BCUT2D eigenvalue weighted by atomic mass is 10.0.